The van der Waals surface area contributed by atoms with Gasteiger partial charge in [-0.15, -0.1) is 0 Å². The number of likely N-dealkylation sites (tertiary alicyclic amines) is 1. The van der Waals surface area contributed by atoms with Gasteiger partial charge in [-0.25, -0.2) is 0 Å². The Morgan fingerprint density at radius 1 is 1.21 bits per heavy atom. The van der Waals surface area contributed by atoms with Crippen molar-refractivity contribution in [1.29, 1.82) is 0 Å². The standard InChI is InChI=1S/C19H19ClNO3/c1-12(2)21-9-14(10-21)24-17-5-3-4-15(20)19(17)13-6-7-16-18(8-13)23-11-22-16/h3-4,6-8,12,14H,9-11H2,1-2H3. The van der Waals surface area contributed by atoms with E-state index in [2.05, 4.69) is 24.8 Å². The molecule has 2 aromatic rings. The van der Waals surface area contributed by atoms with Crippen LogP contribution >= 0.6 is 11.6 Å². The Balaban J connectivity index is 1.61. The average molecular weight is 345 g/mol. The average Bonchev–Trinajstić information content (AvgIpc) is 2.97. The monoisotopic (exact) mass is 344 g/mol. The first-order chi connectivity index (χ1) is 11.6. The van der Waals surface area contributed by atoms with E-state index in [0.29, 0.717) is 16.8 Å². The minimum atomic E-state index is 0.176. The summed E-state index contributed by atoms with van der Waals surface area (Å²) < 4.78 is 17.0. The molecule has 0 saturated carbocycles. The van der Waals surface area contributed by atoms with Crippen LogP contribution in [0.1, 0.15) is 13.8 Å². The number of halogens is 1. The number of rotatable bonds is 4. The van der Waals surface area contributed by atoms with Crippen LogP contribution in [0.3, 0.4) is 0 Å². The van der Waals surface area contributed by atoms with Gasteiger partial charge in [-0.3, -0.25) is 4.90 Å². The molecule has 0 aromatic heterocycles. The highest BCUT2D eigenvalue weighted by Crippen LogP contribution is 2.42. The zero-order valence-electron chi connectivity index (χ0n) is 13.7. The van der Waals surface area contributed by atoms with Crippen molar-refractivity contribution in [3.8, 4) is 28.4 Å². The van der Waals surface area contributed by atoms with Crippen LogP contribution in [-0.4, -0.2) is 36.9 Å². The summed E-state index contributed by atoms with van der Waals surface area (Å²) in [6.45, 7) is 6.50. The summed E-state index contributed by atoms with van der Waals surface area (Å²) in [4.78, 5) is 2.37. The van der Waals surface area contributed by atoms with Gasteiger partial charge < -0.3 is 14.2 Å². The molecular formula is C19H19ClNO3. The quantitative estimate of drug-likeness (QED) is 0.838. The van der Waals surface area contributed by atoms with Gasteiger partial charge >= 0.3 is 0 Å². The lowest BCUT2D eigenvalue weighted by Gasteiger charge is -2.41. The van der Waals surface area contributed by atoms with Gasteiger partial charge in [-0.2, -0.15) is 0 Å². The van der Waals surface area contributed by atoms with Gasteiger partial charge in [0.15, 0.2) is 11.5 Å². The fraction of sp³-hybridized carbons (Fsp3) is 0.368. The highest BCUT2D eigenvalue weighted by molar-refractivity contribution is 6.33. The summed E-state index contributed by atoms with van der Waals surface area (Å²) in [7, 11) is 0. The molecule has 1 saturated heterocycles. The molecule has 0 unspecified atom stereocenters. The first-order valence-corrected chi connectivity index (χ1v) is 8.50. The third-order valence-electron chi connectivity index (χ3n) is 4.46. The van der Waals surface area contributed by atoms with Crippen LogP contribution in [0.15, 0.2) is 30.3 Å². The summed E-state index contributed by atoms with van der Waals surface area (Å²) in [6, 6.07) is 13.2. The molecular weight excluding hydrogens is 326 g/mol. The van der Waals surface area contributed by atoms with E-state index in [9.17, 15) is 0 Å². The lowest BCUT2D eigenvalue weighted by Crippen LogP contribution is -2.56. The molecule has 24 heavy (non-hydrogen) atoms. The van der Waals surface area contributed by atoms with Gasteiger partial charge in [0.25, 0.3) is 0 Å². The zero-order chi connectivity index (χ0) is 16.7. The zero-order valence-corrected chi connectivity index (χ0v) is 14.5. The van der Waals surface area contributed by atoms with E-state index >= 15 is 0 Å². The fourth-order valence-electron chi connectivity index (χ4n) is 3.00. The highest BCUT2D eigenvalue weighted by Gasteiger charge is 2.31. The van der Waals surface area contributed by atoms with Crippen LogP contribution in [0.25, 0.3) is 11.1 Å². The molecule has 2 heterocycles. The molecule has 125 valence electrons. The molecule has 0 aliphatic carbocycles. The second kappa shape index (κ2) is 6.19. The van der Waals surface area contributed by atoms with Gasteiger partial charge in [0, 0.05) is 30.8 Å². The third kappa shape index (κ3) is 2.80. The van der Waals surface area contributed by atoms with Crippen LogP contribution in [-0.2, 0) is 0 Å². The largest absolute Gasteiger partial charge is 0.486 e. The molecule has 0 amide bonds. The summed E-state index contributed by atoms with van der Waals surface area (Å²) in [6.07, 6.45) is 0.176. The van der Waals surface area contributed by atoms with E-state index in [-0.39, 0.29) is 12.9 Å². The van der Waals surface area contributed by atoms with Crippen molar-refractivity contribution in [1.82, 2.24) is 4.90 Å². The van der Waals surface area contributed by atoms with E-state index in [1.165, 1.54) is 0 Å². The van der Waals surface area contributed by atoms with Crippen LogP contribution in [0.4, 0.5) is 0 Å². The number of hydrogen-bond acceptors (Lipinski definition) is 4. The number of nitrogens with zero attached hydrogens (tertiary/aromatic N) is 1. The van der Waals surface area contributed by atoms with E-state index in [4.69, 9.17) is 25.8 Å². The first-order valence-electron chi connectivity index (χ1n) is 8.12. The van der Waals surface area contributed by atoms with Crippen molar-refractivity contribution in [2.45, 2.75) is 26.0 Å². The van der Waals surface area contributed by atoms with Gasteiger partial charge in [0.2, 0.25) is 6.79 Å². The van der Waals surface area contributed by atoms with Crippen LogP contribution in [0.5, 0.6) is 17.2 Å². The SMILES string of the molecule is CC(C)N1CC(Oc2[c]ccc(Cl)c2-c2ccc3c(c2)OCO3)C1. The van der Waals surface area contributed by atoms with Gasteiger partial charge in [-0.1, -0.05) is 17.7 Å². The Morgan fingerprint density at radius 3 is 2.79 bits per heavy atom. The molecule has 0 bridgehead atoms. The van der Waals surface area contributed by atoms with Crippen LogP contribution in [0, 0.1) is 6.07 Å². The summed E-state index contributed by atoms with van der Waals surface area (Å²) in [5.41, 5.74) is 1.79. The smallest absolute Gasteiger partial charge is 0.231 e. The number of ether oxygens (including phenoxy) is 3. The number of hydrogen-bond donors (Lipinski definition) is 0. The molecule has 0 N–H and O–H groups in total. The Morgan fingerprint density at radius 2 is 2.00 bits per heavy atom. The lowest BCUT2D eigenvalue weighted by atomic mass is 10.0. The van der Waals surface area contributed by atoms with Crippen molar-refractivity contribution in [2.75, 3.05) is 19.9 Å². The fourth-order valence-corrected chi connectivity index (χ4v) is 3.26. The summed E-state index contributed by atoms with van der Waals surface area (Å²) in [5, 5.41) is 0.641. The van der Waals surface area contributed by atoms with E-state index in [0.717, 1.165) is 35.7 Å². The van der Waals surface area contributed by atoms with E-state index < -0.39 is 0 Å². The second-order valence-electron chi connectivity index (χ2n) is 6.39. The molecule has 1 radical (unpaired) electrons. The molecule has 4 nitrogen and oxygen atoms in total. The van der Waals surface area contributed by atoms with Crippen molar-refractivity contribution < 1.29 is 14.2 Å². The maximum absolute atomic E-state index is 6.46. The lowest BCUT2D eigenvalue weighted by molar-refractivity contribution is 0.000330. The molecule has 2 aliphatic rings. The molecule has 4 rings (SSSR count). The second-order valence-corrected chi connectivity index (χ2v) is 6.79. The molecule has 0 spiro atoms. The Labute approximate surface area is 146 Å². The molecule has 5 heteroatoms. The maximum Gasteiger partial charge on any atom is 0.231 e. The molecule has 2 aliphatic heterocycles. The first kappa shape index (κ1) is 15.6. The minimum Gasteiger partial charge on any atom is -0.486 e. The molecule has 0 atom stereocenters. The van der Waals surface area contributed by atoms with Crippen molar-refractivity contribution in [2.24, 2.45) is 0 Å². The summed E-state index contributed by atoms with van der Waals surface area (Å²) >= 11 is 6.46. The van der Waals surface area contributed by atoms with Crippen molar-refractivity contribution in [3.63, 3.8) is 0 Å². The van der Waals surface area contributed by atoms with E-state index in [1.54, 1.807) is 6.07 Å². The van der Waals surface area contributed by atoms with Crippen molar-refractivity contribution in [3.05, 3.63) is 41.4 Å². The maximum atomic E-state index is 6.46. The van der Waals surface area contributed by atoms with Gasteiger partial charge in [0.05, 0.1) is 5.02 Å². The number of benzene rings is 2. The Kier molecular flexibility index (Phi) is 4.02. The Bertz CT molecular complexity index is 756. The molecule has 1 fully saturated rings. The predicted molar refractivity (Wildman–Crippen MR) is 93.0 cm³/mol. The van der Waals surface area contributed by atoms with Gasteiger partial charge in [-0.05, 0) is 43.7 Å². The predicted octanol–water partition coefficient (Wildman–Crippen LogP) is 4.01. The van der Waals surface area contributed by atoms with E-state index in [1.807, 2.05) is 24.3 Å². The van der Waals surface area contributed by atoms with Crippen LogP contribution < -0.4 is 14.2 Å². The molecule has 2 aromatic carbocycles. The van der Waals surface area contributed by atoms with Crippen LogP contribution in [0.2, 0.25) is 5.02 Å². The topological polar surface area (TPSA) is 30.9 Å². The Hall–Kier alpha value is -1.91. The van der Waals surface area contributed by atoms with Gasteiger partial charge in [0.1, 0.15) is 11.9 Å². The third-order valence-corrected chi connectivity index (χ3v) is 4.78. The highest BCUT2D eigenvalue weighted by atomic mass is 35.5. The van der Waals surface area contributed by atoms with Crippen molar-refractivity contribution >= 4 is 11.6 Å². The number of fused-ring (bicyclic) bond motifs is 1. The summed E-state index contributed by atoms with van der Waals surface area (Å²) in [5.74, 6) is 2.17. The normalized spacial score (nSPS) is 17.2. The minimum absolute atomic E-state index is 0.176.